The molecule has 5 heteroatoms. The summed E-state index contributed by atoms with van der Waals surface area (Å²) >= 11 is 0. The van der Waals surface area contributed by atoms with Gasteiger partial charge in [-0.3, -0.25) is 0 Å². The highest BCUT2D eigenvalue weighted by atomic mass is 19.4. The molecule has 1 aromatic carbocycles. The Hall–Kier alpha value is -1.39. The molecule has 3 aliphatic carbocycles. The largest absolute Gasteiger partial charge is 0.442 e. The molecule has 0 aliphatic heterocycles. The Bertz CT molecular complexity index is 802. The summed E-state index contributed by atoms with van der Waals surface area (Å²) in [4.78, 5) is 0. The van der Waals surface area contributed by atoms with Crippen LogP contribution in [0.5, 0.6) is 0 Å². The van der Waals surface area contributed by atoms with Crippen molar-refractivity contribution in [3.05, 3.63) is 47.0 Å². The molecule has 184 valence electrons. The second kappa shape index (κ2) is 10.5. The van der Waals surface area contributed by atoms with Crippen molar-refractivity contribution in [3.63, 3.8) is 0 Å². The van der Waals surface area contributed by atoms with Crippen molar-refractivity contribution in [2.24, 2.45) is 23.7 Å². The number of halogens is 5. The highest BCUT2D eigenvalue weighted by Crippen LogP contribution is 2.45. The van der Waals surface area contributed by atoms with Gasteiger partial charge < -0.3 is 0 Å². The number of alkyl halides is 3. The van der Waals surface area contributed by atoms with Gasteiger partial charge in [-0.15, -0.1) is 0 Å². The fourth-order valence-corrected chi connectivity index (χ4v) is 6.71. The minimum atomic E-state index is -4.91. The molecule has 33 heavy (non-hydrogen) atoms. The molecule has 0 bridgehead atoms. The maximum absolute atomic E-state index is 15.0. The van der Waals surface area contributed by atoms with Crippen molar-refractivity contribution in [1.82, 2.24) is 0 Å². The Kier molecular flexibility index (Phi) is 7.85. The van der Waals surface area contributed by atoms with Crippen molar-refractivity contribution in [2.75, 3.05) is 0 Å². The summed E-state index contributed by atoms with van der Waals surface area (Å²) in [7, 11) is 0. The summed E-state index contributed by atoms with van der Waals surface area (Å²) in [6.07, 6.45) is 8.15. The quantitative estimate of drug-likeness (QED) is 0.386. The van der Waals surface area contributed by atoms with E-state index >= 15 is 4.39 Å². The second-order valence-electron chi connectivity index (χ2n) is 11.0. The topological polar surface area (TPSA) is 0 Å². The van der Waals surface area contributed by atoms with Gasteiger partial charge in [-0.25, -0.2) is 8.78 Å². The lowest BCUT2D eigenvalue weighted by molar-refractivity contribution is -0.109. The monoisotopic (exact) mass is 468 g/mol. The van der Waals surface area contributed by atoms with E-state index in [0.29, 0.717) is 43.2 Å². The van der Waals surface area contributed by atoms with Crippen molar-refractivity contribution < 1.29 is 22.0 Å². The smallest absolute Gasteiger partial charge is 0.207 e. The van der Waals surface area contributed by atoms with Crippen LogP contribution in [0.2, 0.25) is 0 Å². The minimum Gasteiger partial charge on any atom is -0.207 e. The fraction of sp³-hybridized carbons (Fsp3) is 0.714. The lowest BCUT2D eigenvalue weighted by Crippen LogP contribution is -2.24. The van der Waals surface area contributed by atoms with Crippen LogP contribution in [0, 0.1) is 29.5 Å². The predicted molar refractivity (Wildman–Crippen MR) is 122 cm³/mol. The van der Waals surface area contributed by atoms with Crippen LogP contribution >= 0.6 is 0 Å². The van der Waals surface area contributed by atoms with Gasteiger partial charge in [0.15, 0.2) is 5.83 Å². The Morgan fingerprint density at radius 2 is 1.33 bits per heavy atom. The molecule has 3 fully saturated rings. The van der Waals surface area contributed by atoms with Gasteiger partial charge >= 0.3 is 6.18 Å². The van der Waals surface area contributed by atoms with Gasteiger partial charge in [-0.1, -0.05) is 31.9 Å². The third kappa shape index (κ3) is 6.19. The average molecular weight is 469 g/mol. The van der Waals surface area contributed by atoms with Gasteiger partial charge in [0.05, 0.1) is 0 Å². The van der Waals surface area contributed by atoms with Crippen molar-refractivity contribution in [3.8, 4) is 0 Å². The molecule has 0 heterocycles. The van der Waals surface area contributed by atoms with E-state index in [1.807, 2.05) is 6.07 Å². The number of rotatable bonds is 4. The van der Waals surface area contributed by atoms with Gasteiger partial charge in [0.2, 0.25) is 0 Å². The molecule has 0 spiro atoms. The van der Waals surface area contributed by atoms with E-state index in [1.165, 1.54) is 38.5 Å². The first-order valence-electron chi connectivity index (χ1n) is 12.9. The molecule has 0 amide bonds. The van der Waals surface area contributed by atoms with Gasteiger partial charge in [-0.05, 0) is 123 Å². The van der Waals surface area contributed by atoms with E-state index in [4.69, 9.17) is 0 Å². The Morgan fingerprint density at radius 3 is 1.88 bits per heavy atom. The van der Waals surface area contributed by atoms with Crippen LogP contribution in [0.3, 0.4) is 0 Å². The number of hydrogen-bond acceptors (Lipinski definition) is 0. The second-order valence-corrected chi connectivity index (χ2v) is 11.0. The van der Waals surface area contributed by atoms with Crippen LogP contribution < -0.4 is 0 Å². The standard InChI is InChI=1S/C28H37F5/c1-18-2-6-20(7-3-18)21-10-12-22(13-11-21)24-14-15-25(26(29)17-24)23-8-4-19(5-9-23)16-27(30)28(31,32)33/h14-23H,2-13H2,1H3. The molecule has 1 aromatic rings. The van der Waals surface area contributed by atoms with E-state index in [0.717, 1.165) is 36.2 Å². The lowest BCUT2D eigenvalue weighted by atomic mass is 9.68. The van der Waals surface area contributed by atoms with Crippen molar-refractivity contribution in [1.29, 1.82) is 0 Å². The maximum Gasteiger partial charge on any atom is 0.442 e. The summed E-state index contributed by atoms with van der Waals surface area (Å²) in [6.45, 7) is 2.36. The van der Waals surface area contributed by atoms with Crippen LogP contribution in [0.1, 0.15) is 107 Å². The molecule has 0 nitrogen and oxygen atoms in total. The van der Waals surface area contributed by atoms with E-state index in [2.05, 4.69) is 13.0 Å². The summed E-state index contributed by atoms with van der Waals surface area (Å²) in [6, 6.07) is 5.68. The first-order chi connectivity index (χ1) is 15.7. The number of allylic oxidation sites excluding steroid dienone is 2. The normalized spacial score (nSPS) is 34.3. The van der Waals surface area contributed by atoms with Gasteiger partial charge in [0, 0.05) is 0 Å². The van der Waals surface area contributed by atoms with E-state index in [1.54, 1.807) is 6.07 Å². The molecule has 3 saturated carbocycles. The first kappa shape index (κ1) is 24.7. The maximum atomic E-state index is 15.0. The van der Waals surface area contributed by atoms with Gasteiger partial charge in [0.1, 0.15) is 5.82 Å². The van der Waals surface area contributed by atoms with E-state index in [9.17, 15) is 17.6 Å². The predicted octanol–water partition coefficient (Wildman–Crippen LogP) is 9.62. The Labute approximate surface area is 195 Å². The van der Waals surface area contributed by atoms with Crippen LogP contribution in [0.15, 0.2) is 30.1 Å². The number of hydrogen-bond donors (Lipinski definition) is 0. The van der Waals surface area contributed by atoms with E-state index in [-0.39, 0.29) is 11.7 Å². The van der Waals surface area contributed by atoms with Gasteiger partial charge in [-0.2, -0.15) is 13.2 Å². The van der Waals surface area contributed by atoms with Crippen LogP contribution in [-0.2, 0) is 0 Å². The molecule has 4 rings (SSSR count). The fourth-order valence-electron chi connectivity index (χ4n) is 6.71. The third-order valence-electron chi connectivity index (χ3n) is 8.86. The molecule has 0 saturated heterocycles. The van der Waals surface area contributed by atoms with E-state index < -0.39 is 17.9 Å². The highest BCUT2D eigenvalue weighted by molar-refractivity contribution is 5.30. The first-order valence-corrected chi connectivity index (χ1v) is 12.9. The molecular formula is C28H37F5. The number of benzene rings is 1. The van der Waals surface area contributed by atoms with Crippen LogP contribution in [0.25, 0.3) is 0 Å². The molecule has 0 N–H and O–H groups in total. The molecule has 0 unspecified atom stereocenters. The Morgan fingerprint density at radius 1 is 0.788 bits per heavy atom. The summed E-state index contributed by atoms with van der Waals surface area (Å²) < 4.78 is 65.5. The summed E-state index contributed by atoms with van der Waals surface area (Å²) in [5.74, 6) is 0.422. The van der Waals surface area contributed by atoms with Gasteiger partial charge in [0.25, 0.3) is 0 Å². The zero-order valence-corrected chi connectivity index (χ0v) is 19.6. The zero-order chi connectivity index (χ0) is 23.6. The van der Waals surface area contributed by atoms with Crippen LogP contribution in [0.4, 0.5) is 22.0 Å². The average Bonchev–Trinajstić information content (AvgIpc) is 2.80. The highest BCUT2D eigenvalue weighted by Gasteiger charge is 2.36. The molecule has 0 aromatic heterocycles. The molecule has 3 aliphatic rings. The third-order valence-corrected chi connectivity index (χ3v) is 8.86. The molecule has 0 radical (unpaired) electrons. The lowest BCUT2D eigenvalue weighted by Gasteiger charge is -2.37. The summed E-state index contributed by atoms with van der Waals surface area (Å²) in [5, 5.41) is 0. The summed E-state index contributed by atoms with van der Waals surface area (Å²) in [5.41, 5.74) is 1.76. The molecular weight excluding hydrogens is 431 g/mol. The SMILES string of the molecule is CC1CCC(C2CCC(c3ccc(C4CCC(C=C(F)C(F)(F)F)CC4)c(F)c3)CC2)CC1. The van der Waals surface area contributed by atoms with Crippen LogP contribution in [-0.4, -0.2) is 6.18 Å². The minimum absolute atomic E-state index is 0.00192. The van der Waals surface area contributed by atoms with Crippen molar-refractivity contribution in [2.45, 2.75) is 102 Å². The Balaban J connectivity index is 1.30. The zero-order valence-electron chi connectivity index (χ0n) is 19.6. The van der Waals surface area contributed by atoms with Crippen molar-refractivity contribution >= 4 is 0 Å². The molecule has 0 atom stereocenters.